The van der Waals surface area contributed by atoms with E-state index in [-0.39, 0.29) is 6.09 Å². The van der Waals surface area contributed by atoms with Gasteiger partial charge in [-0.25, -0.2) is 9.78 Å². The molecule has 0 spiro atoms. The Morgan fingerprint density at radius 2 is 2.23 bits per heavy atom. The van der Waals surface area contributed by atoms with Crippen molar-refractivity contribution in [3.63, 3.8) is 0 Å². The topological polar surface area (TPSA) is 45.7 Å². The third-order valence-electron chi connectivity index (χ3n) is 3.76. The summed E-state index contributed by atoms with van der Waals surface area (Å²) in [5.74, 6) is 1.44. The fraction of sp³-hybridized carbons (Fsp3) is 0.647. The Bertz CT molecular complexity index is 525. The number of aromatic nitrogens is 1. The Hall–Kier alpha value is -1.78. The molecule has 1 fully saturated rings. The van der Waals surface area contributed by atoms with E-state index in [2.05, 4.69) is 29.9 Å². The molecule has 5 nitrogen and oxygen atoms in total. The first-order chi connectivity index (χ1) is 10.2. The van der Waals surface area contributed by atoms with Gasteiger partial charge in [-0.1, -0.05) is 0 Å². The normalized spacial score (nSPS) is 18.4. The molecule has 1 atom stereocenters. The number of carbonyl (C=O) groups is 1. The number of hydrogen-bond donors (Lipinski definition) is 0. The van der Waals surface area contributed by atoms with Gasteiger partial charge in [0, 0.05) is 32.9 Å². The summed E-state index contributed by atoms with van der Waals surface area (Å²) >= 11 is 0. The average molecular weight is 305 g/mol. The molecule has 1 aliphatic heterocycles. The smallest absolute Gasteiger partial charge is 0.410 e. The molecule has 1 aliphatic rings. The summed E-state index contributed by atoms with van der Waals surface area (Å²) in [4.78, 5) is 20.5. The minimum atomic E-state index is -0.433. The quantitative estimate of drug-likeness (QED) is 0.861. The van der Waals surface area contributed by atoms with Gasteiger partial charge in [-0.2, -0.15) is 0 Å². The average Bonchev–Trinajstić information content (AvgIpc) is 2.85. The second-order valence-electron chi connectivity index (χ2n) is 7.15. The van der Waals surface area contributed by atoms with Crippen LogP contribution in [0.4, 0.5) is 10.6 Å². The Labute approximate surface area is 133 Å². The minimum absolute atomic E-state index is 0.202. The number of anilines is 1. The van der Waals surface area contributed by atoms with Gasteiger partial charge in [-0.15, -0.1) is 0 Å². The molecule has 0 saturated carbocycles. The largest absolute Gasteiger partial charge is 0.444 e. The molecule has 0 N–H and O–H groups in total. The highest BCUT2D eigenvalue weighted by atomic mass is 16.6. The Kier molecular flexibility index (Phi) is 4.94. The van der Waals surface area contributed by atoms with Gasteiger partial charge >= 0.3 is 6.09 Å². The standard InChI is InChI=1S/C17H27N3O2/c1-13-6-8-18-15(10-13)19(5)11-14-7-9-20(12-14)16(21)22-17(2,3)4/h6,8,10,14H,7,9,11-12H2,1-5H3. The Morgan fingerprint density at radius 3 is 2.86 bits per heavy atom. The fourth-order valence-corrected chi connectivity index (χ4v) is 2.68. The number of rotatable bonds is 3. The molecule has 1 saturated heterocycles. The van der Waals surface area contributed by atoms with Gasteiger partial charge in [0.25, 0.3) is 0 Å². The maximum Gasteiger partial charge on any atom is 0.410 e. The van der Waals surface area contributed by atoms with Crippen LogP contribution in [0.5, 0.6) is 0 Å². The van der Waals surface area contributed by atoms with Crippen LogP contribution in [0.2, 0.25) is 0 Å². The van der Waals surface area contributed by atoms with Crippen LogP contribution in [0.25, 0.3) is 0 Å². The zero-order valence-electron chi connectivity index (χ0n) is 14.3. The number of likely N-dealkylation sites (tertiary alicyclic amines) is 1. The van der Waals surface area contributed by atoms with Crippen molar-refractivity contribution < 1.29 is 9.53 Å². The molecule has 2 heterocycles. The van der Waals surface area contributed by atoms with Crippen LogP contribution in [0, 0.1) is 12.8 Å². The first-order valence-corrected chi connectivity index (χ1v) is 7.86. The Balaban J connectivity index is 1.87. The summed E-state index contributed by atoms with van der Waals surface area (Å²) in [6, 6.07) is 4.08. The van der Waals surface area contributed by atoms with Crippen molar-refractivity contribution in [3.8, 4) is 0 Å². The van der Waals surface area contributed by atoms with Crippen molar-refractivity contribution in [2.75, 3.05) is 31.6 Å². The lowest BCUT2D eigenvalue weighted by atomic mass is 10.1. The number of nitrogens with zero attached hydrogens (tertiary/aromatic N) is 3. The van der Waals surface area contributed by atoms with E-state index in [0.29, 0.717) is 5.92 Å². The second kappa shape index (κ2) is 6.55. The van der Waals surface area contributed by atoms with Crippen molar-refractivity contribution in [2.45, 2.75) is 39.7 Å². The summed E-state index contributed by atoms with van der Waals surface area (Å²) < 4.78 is 5.44. The first kappa shape index (κ1) is 16.6. The zero-order chi connectivity index (χ0) is 16.3. The van der Waals surface area contributed by atoms with Crippen LogP contribution in [0.15, 0.2) is 18.3 Å². The van der Waals surface area contributed by atoms with Crippen molar-refractivity contribution >= 4 is 11.9 Å². The third kappa shape index (κ3) is 4.61. The van der Waals surface area contributed by atoms with Crippen molar-refractivity contribution in [1.29, 1.82) is 0 Å². The van der Waals surface area contributed by atoms with E-state index in [9.17, 15) is 4.79 Å². The van der Waals surface area contributed by atoms with Gasteiger partial charge in [0.05, 0.1) is 0 Å². The van der Waals surface area contributed by atoms with Crippen LogP contribution in [-0.4, -0.2) is 48.3 Å². The predicted molar refractivity (Wildman–Crippen MR) is 88.2 cm³/mol. The molecule has 0 aromatic carbocycles. The molecule has 1 aromatic rings. The summed E-state index contributed by atoms with van der Waals surface area (Å²) in [5.41, 5.74) is 0.774. The number of carbonyl (C=O) groups excluding carboxylic acids is 1. The molecule has 122 valence electrons. The molecule has 22 heavy (non-hydrogen) atoms. The molecule has 1 amide bonds. The van der Waals surface area contributed by atoms with Crippen LogP contribution < -0.4 is 4.90 Å². The van der Waals surface area contributed by atoms with E-state index >= 15 is 0 Å². The number of ether oxygens (including phenoxy) is 1. The van der Waals surface area contributed by atoms with E-state index < -0.39 is 5.60 Å². The molecule has 0 bridgehead atoms. The molecule has 0 aliphatic carbocycles. The highest BCUT2D eigenvalue weighted by Gasteiger charge is 2.30. The number of aryl methyl sites for hydroxylation is 1. The Morgan fingerprint density at radius 1 is 1.50 bits per heavy atom. The summed E-state index contributed by atoms with van der Waals surface area (Å²) in [6.45, 7) is 10.2. The van der Waals surface area contributed by atoms with Crippen molar-refractivity contribution in [3.05, 3.63) is 23.9 Å². The van der Waals surface area contributed by atoms with Crippen molar-refractivity contribution in [2.24, 2.45) is 5.92 Å². The van der Waals surface area contributed by atoms with E-state index in [0.717, 1.165) is 31.9 Å². The molecular formula is C17H27N3O2. The fourth-order valence-electron chi connectivity index (χ4n) is 2.68. The predicted octanol–water partition coefficient (Wildman–Crippen LogP) is 3.08. The van der Waals surface area contributed by atoms with Gasteiger partial charge in [0.15, 0.2) is 0 Å². The van der Waals surface area contributed by atoms with Gasteiger partial charge in [0.2, 0.25) is 0 Å². The lowest BCUT2D eigenvalue weighted by Gasteiger charge is -2.25. The second-order valence-corrected chi connectivity index (χ2v) is 7.15. The summed E-state index contributed by atoms with van der Waals surface area (Å²) in [6.07, 6.45) is 2.64. The molecule has 0 radical (unpaired) electrons. The van der Waals surface area contributed by atoms with Gasteiger partial charge < -0.3 is 14.5 Å². The van der Waals surface area contributed by atoms with E-state index in [1.54, 1.807) is 0 Å². The van der Waals surface area contributed by atoms with Crippen LogP contribution in [0.3, 0.4) is 0 Å². The lowest BCUT2D eigenvalue weighted by molar-refractivity contribution is 0.0288. The number of hydrogen-bond acceptors (Lipinski definition) is 4. The summed E-state index contributed by atoms with van der Waals surface area (Å²) in [5, 5.41) is 0. The molecule has 1 aromatic heterocycles. The highest BCUT2D eigenvalue weighted by Crippen LogP contribution is 2.22. The van der Waals surface area contributed by atoms with Gasteiger partial charge in [-0.05, 0) is 57.7 Å². The van der Waals surface area contributed by atoms with E-state index in [1.807, 2.05) is 37.9 Å². The van der Waals surface area contributed by atoms with Crippen molar-refractivity contribution in [1.82, 2.24) is 9.88 Å². The van der Waals surface area contributed by atoms with E-state index in [4.69, 9.17) is 4.74 Å². The van der Waals surface area contributed by atoms with Crippen LogP contribution in [0.1, 0.15) is 32.8 Å². The lowest BCUT2D eigenvalue weighted by Crippen LogP contribution is -2.36. The van der Waals surface area contributed by atoms with Crippen LogP contribution >= 0.6 is 0 Å². The first-order valence-electron chi connectivity index (χ1n) is 7.86. The number of amides is 1. The van der Waals surface area contributed by atoms with E-state index in [1.165, 1.54) is 5.56 Å². The molecule has 1 unspecified atom stereocenters. The highest BCUT2D eigenvalue weighted by molar-refractivity contribution is 5.68. The molecule has 5 heteroatoms. The van der Waals surface area contributed by atoms with Gasteiger partial charge in [-0.3, -0.25) is 0 Å². The van der Waals surface area contributed by atoms with Gasteiger partial charge in [0.1, 0.15) is 11.4 Å². The third-order valence-corrected chi connectivity index (χ3v) is 3.76. The minimum Gasteiger partial charge on any atom is -0.444 e. The maximum atomic E-state index is 12.1. The molecule has 2 rings (SSSR count). The SMILES string of the molecule is Cc1ccnc(N(C)CC2CCN(C(=O)OC(C)(C)C)C2)c1. The zero-order valence-corrected chi connectivity index (χ0v) is 14.3. The number of pyridine rings is 1. The maximum absolute atomic E-state index is 12.1. The summed E-state index contributed by atoms with van der Waals surface area (Å²) in [7, 11) is 2.05. The molecular weight excluding hydrogens is 278 g/mol. The van der Waals surface area contributed by atoms with Crippen LogP contribution in [-0.2, 0) is 4.74 Å². The monoisotopic (exact) mass is 305 g/mol.